The van der Waals surface area contributed by atoms with Crippen LogP contribution >= 0.6 is 0 Å². The van der Waals surface area contributed by atoms with Crippen LogP contribution in [0.4, 0.5) is 5.82 Å². The standard InChI is InChI=1S/C18H23N3O2/c1-13(2)21-17-12-15(8-10-19-17)18(22)20-9-7-14-5-4-6-16(11-14)23-3/h4-6,8,10-13H,7,9H2,1-3H3,(H,19,21)(H,20,22). The zero-order chi connectivity index (χ0) is 16.7. The van der Waals surface area contributed by atoms with Crippen molar-refractivity contribution in [2.75, 3.05) is 19.0 Å². The predicted molar refractivity (Wildman–Crippen MR) is 92.0 cm³/mol. The predicted octanol–water partition coefficient (Wildman–Crippen LogP) is 2.88. The molecule has 0 radical (unpaired) electrons. The Balaban J connectivity index is 1.89. The van der Waals surface area contributed by atoms with Crippen LogP contribution in [0.2, 0.25) is 0 Å². The summed E-state index contributed by atoms with van der Waals surface area (Å²) in [6.45, 7) is 4.63. The molecule has 0 spiro atoms. The van der Waals surface area contributed by atoms with Gasteiger partial charge >= 0.3 is 0 Å². The van der Waals surface area contributed by atoms with Gasteiger partial charge in [0.05, 0.1) is 7.11 Å². The molecule has 1 heterocycles. The molecule has 0 fully saturated rings. The third-order valence-electron chi connectivity index (χ3n) is 3.29. The van der Waals surface area contributed by atoms with E-state index in [-0.39, 0.29) is 11.9 Å². The highest BCUT2D eigenvalue weighted by Crippen LogP contribution is 2.13. The maximum Gasteiger partial charge on any atom is 0.251 e. The Bertz CT molecular complexity index is 656. The lowest BCUT2D eigenvalue weighted by Gasteiger charge is -2.10. The number of hydrogen-bond acceptors (Lipinski definition) is 4. The molecule has 0 aliphatic heterocycles. The van der Waals surface area contributed by atoms with Gasteiger partial charge in [0.15, 0.2) is 0 Å². The minimum atomic E-state index is -0.0953. The minimum absolute atomic E-state index is 0.0953. The first-order valence-electron chi connectivity index (χ1n) is 7.72. The van der Waals surface area contributed by atoms with Gasteiger partial charge in [-0.1, -0.05) is 12.1 Å². The molecule has 0 bridgehead atoms. The number of nitrogens with one attached hydrogen (secondary N) is 2. The van der Waals surface area contributed by atoms with E-state index < -0.39 is 0 Å². The summed E-state index contributed by atoms with van der Waals surface area (Å²) < 4.78 is 5.20. The number of aromatic nitrogens is 1. The van der Waals surface area contributed by atoms with E-state index in [1.807, 2.05) is 38.1 Å². The molecule has 2 aromatic rings. The molecule has 0 saturated heterocycles. The molecule has 2 rings (SSSR count). The van der Waals surface area contributed by atoms with E-state index >= 15 is 0 Å². The summed E-state index contributed by atoms with van der Waals surface area (Å²) >= 11 is 0. The van der Waals surface area contributed by atoms with Crippen molar-refractivity contribution >= 4 is 11.7 Å². The van der Waals surface area contributed by atoms with Crippen LogP contribution in [-0.4, -0.2) is 30.6 Å². The monoisotopic (exact) mass is 313 g/mol. The molecule has 0 aliphatic rings. The van der Waals surface area contributed by atoms with Gasteiger partial charge in [0.1, 0.15) is 11.6 Å². The van der Waals surface area contributed by atoms with Gasteiger partial charge < -0.3 is 15.4 Å². The van der Waals surface area contributed by atoms with Crippen molar-refractivity contribution in [3.63, 3.8) is 0 Å². The molecule has 2 N–H and O–H groups in total. The highest BCUT2D eigenvalue weighted by atomic mass is 16.5. The van der Waals surface area contributed by atoms with E-state index in [9.17, 15) is 4.79 Å². The molecule has 1 aromatic carbocycles. The molecule has 122 valence electrons. The lowest BCUT2D eigenvalue weighted by Crippen LogP contribution is -2.26. The first-order valence-corrected chi connectivity index (χ1v) is 7.72. The van der Waals surface area contributed by atoms with Gasteiger partial charge in [-0.2, -0.15) is 0 Å². The third-order valence-corrected chi connectivity index (χ3v) is 3.29. The Morgan fingerprint density at radius 2 is 2.09 bits per heavy atom. The van der Waals surface area contributed by atoms with E-state index in [0.717, 1.165) is 17.7 Å². The Morgan fingerprint density at radius 1 is 1.26 bits per heavy atom. The first-order chi connectivity index (χ1) is 11.1. The van der Waals surface area contributed by atoms with Crippen molar-refractivity contribution in [3.05, 3.63) is 53.7 Å². The number of nitrogens with zero attached hydrogens (tertiary/aromatic N) is 1. The van der Waals surface area contributed by atoms with Crippen LogP contribution in [0.5, 0.6) is 5.75 Å². The van der Waals surface area contributed by atoms with E-state index in [2.05, 4.69) is 15.6 Å². The number of carbonyl (C=O) groups is 1. The highest BCUT2D eigenvalue weighted by Gasteiger charge is 2.07. The van der Waals surface area contributed by atoms with E-state index in [1.165, 1.54) is 0 Å². The average molecular weight is 313 g/mol. The van der Waals surface area contributed by atoms with Crippen molar-refractivity contribution in [1.82, 2.24) is 10.3 Å². The summed E-state index contributed by atoms with van der Waals surface area (Å²) in [5.74, 6) is 1.44. The summed E-state index contributed by atoms with van der Waals surface area (Å²) in [7, 11) is 1.65. The number of hydrogen-bond donors (Lipinski definition) is 2. The van der Waals surface area contributed by atoms with Crippen molar-refractivity contribution in [1.29, 1.82) is 0 Å². The van der Waals surface area contributed by atoms with Gasteiger partial charge in [0.25, 0.3) is 5.91 Å². The molecule has 0 saturated carbocycles. The van der Waals surface area contributed by atoms with Crippen LogP contribution in [0.25, 0.3) is 0 Å². The maximum atomic E-state index is 12.2. The molecule has 1 aromatic heterocycles. The zero-order valence-electron chi connectivity index (χ0n) is 13.8. The molecule has 5 nitrogen and oxygen atoms in total. The summed E-state index contributed by atoms with van der Waals surface area (Å²) in [6.07, 6.45) is 2.40. The quantitative estimate of drug-likeness (QED) is 0.825. The summed E-state index contributed by atoms with van der Waals surface area (Å²) in [6, 6.07) is 11.6. The van der Waals surface area contributed by atoms with E-state index in [1.54, 1.807) is 25.4 Å². The summed E-state index contributed by atoms with van der Waals surface area (Å²) in [5, 5.41) is 6.12. The number of carbonyl (C=O) groups excluding carboxylic acids is 1. The molecule has 0 aliphatic carbocycles. The second-order valence-corrected chi connectivity index (χ2v) is 5.59. The van der Waals surface area contributed by atoms with Gasteiger partial charge in [-0.05, 0) is 50.1 Å². The summed E-state index contributed by atoms with van der Waals surface area (Å²) in [4.78, 5) is 16.4. The minimum Gasteiger partial charge on any atom is -0.497 e. The van der Waals surface area contributed by atoms with Crippen LogP contribution < -0.4 is 15.4 Å². The lowest BCUT2D eigenvalue weighted by molar-refractivity contribution is 0.0954. The largest absolute Gasteiger partial charge is 0.497 e. The van der Waals surface area contributed by atoms with Gasteiger partial charge in [-0.25, -0.2) is 4.98 Å². The van der Waals surface area contributed by atoms with Gasteiger partial charge in [-0.15, -0.1) is 0 Å². The Morgan fingerprint density at radius 3 is 2.83 bits per heavy atom. The van der Waals surface area contributed by atoms with Crippen molar-refractivity contribution in [3.8, 4) is 5.75 Å². The molecule has 1 amide bonds. The first kappa shape index (κ1) is 16.8. The fraction of sp³-hybridized carbons (Fsp3) is 0.333. The van der Waals surface area contributed by atoms with Gasteiger partial charge in [-0.3, -0.25) is 4.79 Å². The molecule has 23 heavy (non-hydrogen) atoms. The van der Waals surface area contributed by atoms with Crippen molar-refractivity contribution in [2.24, 2.45) is 0 Å². The zero-order valence-corrected chi connectivity index (χ0v) is 13.8. The number of amides is 1. The van der Waals surface area contributed by atoms with E-state index in [4.69, 9.17) is 4.74 Å². The Kier molecular flexibility index (Phi) is 5.97. The SMILES string of the molecule is COc1cccc(CCNC(=O)c2ccnc(NC(C)C)c2)c1. The maximum absolute atomic E-state index is 12.2. The fourth-order valence-corrected chi connectivity index (χ4v) is 2.20. The highest BCUT2D eigenvalue weighted by molar-refractivity contribution is 5.94. The number of pyridine rings is 1. The number of benzene rings is 1. The second-order valence-electron chi connectivity index (χ2n) is 5.59. The molecule has 5 heteroatoms. The topological polar surface area (TPSA) is 63.2 Å². The van der Waals surface area contributed by atoms with Crippen LogP contribution in [0.15, 0.2) is 42.6 Å². The van der Waals surface area contributed by atoms with Crippen LogP contribution in [0.3, 0.4) is 0 Å². The van der Waals surface area contributed by atoms with Gasteiger partial charge in [0.2, 0.25) is 0 Å². The number of anilines is 1. The Labute approximate surface area is 137 Å². The molecular formula is C18H23N3O2. The number of ether oxygens (including phenoxy) is 1. The van der Waals surface area contributed by atoms with Crippen LogP contribution in [-0.2, 0) is 6.42 Å². The van der Waals surface area contributed by atoms with E-state index in [0.29, 0.717) is 17.9 Å². The second kappa shape index (κ2) is 8.17. The normalized spacial score (nSPS) is 10.4. The Hall–Kier alpha value is -2.56. The van der Waals surface area contributed by atoms with Crippen molar-refractivity contribution < 1.29 is 9.53 Å². The van der Waals surface area contributed by atoms with Crippen molar-refractivity contribution in [2.45, 2.75) is 26.3 Å². The molecule has 0 atom stereocenters. The third kappa shape index (κ3) is 5.29. The van der Waals surface area contributed by atoms with Gasteiger partial charge in [0, 0.05) is 24.3 Å². The van der Waals surface area contributed by atoms with Crippen LogP contribution in [0.1, 0.15) is 29.8 Å². The fourth-order valence-electron chi connectivity index (χ4n) is 2.20. The molecular weight excluding hydrogens is 290 g/mol. The number of rotatable bonds is 7. The lowest BCUT2D eigenvalue weighted by atomic mass is 10.1. The molecule has 0 unspecified atom stereocenters. The average Bonchev–Trinajstić information content (AvgIpc) is 2.54. The van der Waals surface area contributed by atoms with Crippen LogP contribution in [0, 0.1) is 0 Å². The smallest absolute Gasteiger partial charge is 0.251 e. The summed E-state index contributed by atoms with van der Waals surface area (Å²) in [5.41, 5.74) is 1.73. The number of methoxy groups -OCH3 is 1.